The molecule has 1 amide bonds. The van der Waals surface area contributed by atoms with E-state index in [0.717, 1.165) is 16.3 Å². The zero-order valence-electron chi connectivity index (χ0n) is 12.9. The summed E-state index contributed by atoms with van der Waals surface area (Å²) < 4.78 is 13.5. The van der Waals surface area contributed by atoms with E-state index in [1.54, 1.807) is 41.9 Å². The first-order chi connectivity index (χ1) is 11.7. The van der Waals surface area contributed by atoms with Gasteiger partial charge in [0, 0.05) is 41.9 Å². The van der Waals surface area contributed by atoms with Crippen LogP contribution in [0.5, 0.6) is 0 Å². The summed E-state index contributed by atoms with van der Waals surface area (Å²) in [6.07, 6.45) is 4.35. The minimum Gasteiger partial charge on any atom is -0.352 e. The van der Waals surface area contributed by atoms with Crippen LogP contribution in [0.2, 0.25) is 0 Å². The molecular formula is C18H16FN3OS. The highest BCUT2D eigenvalue weighted by molar-refractivity contribution is 7.13. The van der Waals surface area contributed by atoms with Crippen LogP contribution in [0.1, 0.15) is 17.7 Å². The summed E-state index contributed by atoms with van der Waals surface area (Å²) >= 11 is 1.55. The van der Waals surface area contributed by atoms with Crippen LogP contribution in [0.25, 0.3) is 10.6 Å². The number of thiazole rings is 1. The van der Waals surface area contributed by atoms with Crippen LogP contribution in [0.15, 0.2) is 54.2 Å². The Morgan fingerprint density at radius 1 is 1.17 bits per heavy atom. The molecule has 0 saturated carbocycles. The summed E-state index contributed by atoms with van der Waals surface area (Å²) in [6.45, 7) is 0.199. The molecule has 4 nitrogen and oxygen atoms in total. The van der Waals surface area contributed by atoms with Crippen LogP contribution in [0.4, 0.5) is 4.39 Å². The average Bonchev–Trinajstić information content (AvgIpc) is 3.09. The van der Waals surface area contributed by atoms with E-state index >= 15 is 0 Å². The Balaban J connectivity index is 1.50. The van der Waals surface area contributed by atoms with Gasteiger partial charge in [-0.25, -0.2) is 9.37 Å². The van der Waals surface area contributed by atoms with Crippen LogP contribution in [0, 0.1) is 5.82 Å². The fourth-order valence-electron chi connectivity index (χ4n) is 2.21. The Morgan fingerprint density at radius 2 is 1.96 bits per heavy atom. The maximum atomic E-state index is 13.5. The summed E-state index contributed by atoms with van der Waals surface area (Å²) in [4.78, 5) is 20.4. The molecule has 0 aliphatic heterocycles. The molecule has 3 rings (SSSR count). The number of carbonyl (C=O) groups excluding carboxylic acids is 1. The minimum atomic E-state index is -0.306. The molecule has 0 bridgehead atoms. The third-order valence-corrected chi connectivity index (χ3v) is 4.46. The maximum absolute atomic E-state index is 13.5. The number of nitrogens with one attached hydrogen (secondary N) is 1. The summed E-state index contributed by atoms with van der Waals surface area (Å²) in [7, 11) is 0. The molecule has 2 aromatic heterocycles. The van der Waals surface area contributed by atoms with Crippen molar-refractivity contribution in [3.63, 3.8) is 0 Å². The van der Waals surface area contributed by atoms with Crippen LogP contribution >= 0.6 is 11.3 Å². The van der Waals surface area contributed by atoms with E-state index in [1.165, 1.54) is 6.07 Å². The van der Waals surface area contributed by atoms with Crippen molar-refractivity contribution in [1.82, 2.24) is 15.3 Å². The zero-order chi connectivity index (χ0) is 16.8. The van der Waals surface area contributed by atoms with Gasteiger partial charge in [0.25, 0.3) is 0 Å². The molecule has 0 spiro atoms. The number of aromatic nitrogens is 2. The lowest BCUT2D eigenvalue weighted by atomic mass is 10.2. The molecule has 0 atom stereocenters. The molecule has 24 heavy (non-hydrogen) atoms. The number of benzene rings is 1. The number of nitrogens with zero attached hydrogens (tertiary/aromatic N) is 2. The highest BCUT2D eigenvalue weighted by atomic mass is 32.1. The van der Waals surface area contributed by atoms with Gasteiger partial charge in [-0.1, -0.05) is 18.2 Å². The molecular weight excluding hydrogens is 325 g/mol. The number of pyridine rings is 1. The monoisotopic (exact) mass is 341 g/mol. The Hall–Kier alpha value is -2.60. The molecule has 0 aliphatic carbocycles. The summed E-state index contributed by atoms with van der Waals surface area (Å²) in [5.74, 6) is -0.420. The highest BCUT2D eigenvalue weighted by Gasteiger charge is 2.08. The molecule has 1 aromatic carbocycles. The van der Waals surface area contributed by atoms with Gasteiger partial charge < -0.3 is 5.32 Å². The Kier molecular flexibility index (Phi) is 5.28. The average molecular weight is 341 g/mol. The van der Waals surface area contributed by atoms with Crippen molar-refractivity contribution >= 4 is 17.2 Å². The van der Waals surface area contributed by atoms with Crippen molar-refractivity contribution in [3.8, 4) is 10.6 Å². The number of hydrogen-bond donors (Lipinski definition) is 1. The first kappa shape index (κ1) is 16.3. The second kappa shape index (κ2) is 7.79. The summed E-state index contributed by atoms with van der Waals surface area (Å²) in [6, 6.07) is 10.2. The van der Waals surface area contributed by atoms with Gasteiger partial charge in [-0.3, -0.25) is 9.78 Å². The molecule has 2 heterocycles. The molecule has 0 unspecified atom stereocenters. The first-order valence-electron chi connectivity index (χ1n) is 7.57. The Bertz CT molecular complexity index is 820. The van der Waals surface area contributed by atoms with Crippen molar-refractivity contribution in [2.24, 2.45) is 0 Å². The van der Waals surface area contributed by atoms with Gasteiger partial charge in [-0.05, 0) is 24.6 Å². The Labute approximate surface area is 143 Å². The second-order valence-corrected chi connectivity index (χ2v) is 6.11. The number of aryl methyl sites for hydroxylation is 1. The first-order valence-corrected chi connectivity index (χ1v) is 8.45. The van der Waals surface area contributed by atoms with Gasteiger partial charge in [0.1, 0.15) is 10.8 Å². The second-order valence-electron chi connectivity index (χ2n) is 5.25. The van der Waals surface area contributed by atoms with Gasteiger partial charge in [0.15, 0.2) is 0 Å². The van der Waals surface area contributed by atoms with E-state index in [2.05, 4.69) is 15.3 Å². The van der Waals surface area contributed by atoms with Gasteiger partial charge in [0.2, 0.25) is 5.91 Å². The molecule has 122 valence electrons. The molecule has 6 heteroatoms. The molecule has 0 fully saturated rings. The van der Waals surface area contributed by atoms with Crippen molar-refractivity contribution < 1.29 is 9.18 Å². The summed E-state index contributed by atoms with van der Waals surface area (Å²) in [5.41, 5.74) is 2.39. The SMILES string of the molecule is O=C(CCc1csc(-c2ccncc2)n1)NCc1ccccc1F. The fourth-order valence-corrected chi connectivity index (χ4v) is 3.07. The molecule has 3 aromatic rings. The fraction of sp³-hybridized carbons (Fsp3) is 0.167. The lowest BCUT2D eigenvalue weighted by Crippen LogP contribution is -2.23. The number of rotatable bonds is 6. The van der Waals surface area contributed by atoms with E-state index in [4.69, 9.17) is 0 Å². The van der Waals surface area contributed by atoms with Gasteiger partial charge in [0.05, 0.1) is 5.69 Å². The summed E-state index contributed by atoms with van der Waals surface area (Å²) in [5, 5.41) is 5.61. The van der Waals surface area contributed by atoms with Crippen LogP contribution in [-0.2, 0) is 17.8 Å². The number of carbonyl (C=O) groups is 1. The van der Waals surface area contributed by atoms with Gasteiger partial charge in [-0.2, -0.15) is 0 Å². The standard InChI is InChI=1S/C18H16FN3OS/c19-16-4-2-1-3-14(16)11-21-17(23)6-5-15-12-24-18(22-15)13-7-9-20-10-8-13/h1-4,7-10,12H,5-6,11H2,(H,21,23). The predicted molar refractivity (Wildman–Crippen MR) is 91.9 cm³/mol. The van der Waals surface area contributed by atoms with E-state index in [-0.39, 0.29) is 18.3 Å². The lowest BCUT2D eigenvalue weighted by molar-refractivity contribution is -0.121. The lowest BCUT2D eigenvalue weighted by Gasteiger charge is -2.05. The van der Waals surface area contributed by atoms with Crippen molar-refractivity contribution in [3.05, 3.63) is 71.2 Å². The topological polar surface area (TPSA) is 54.9 Å². The largest absolute Gasteiger partial charge is 0.352 e. The normalized spacial score (nSPS) is 10.5. The van der Waals surface area contributed by atoms with E-state index in [0.29, 0.717) is 18.4 Å². The van der Waals surface area contributed by atoms with Crippen LogP contribution < -0.4 is 5.32 Å². The number of hydrogen-bond acceptors (Lipinski definition) is 4. The Morgan fingerprint density at radius 3 is 2.75 bits per heavy atom. The van der Waals surface area contributed by atoms with E-state index < -0.39 is 0 Å². The third kappa shape index (κ3) is 4.23. The van der Waals surface area contributed by atoms with Crippen LogP contribution in [-0.4, -0.2) is 15.9 Å². The van der Waals surface area contributed by atoms with Crippen LogP contribution in [0.3, 0.4) is 0 Å². The van der Waals surface area contributed by atoms with Gasteiger partial charge in [-0.15, -0.1) is 11.3 Å². The molecule has 0 saturated heterocycles. The zero-order valence-corrected chi connectivity index (χ0v) is 13.7. The van der Waals surface area contributed by atoms with Crippen molar-refractivity contribution in [2.45, 2.75) is 19.4 Å². The van der Waals surface area contributed by atoms with Crippen molar-refractivity contribution in [1.29, 1.82) is 0 Å². The molecule has 0 radical (unpaired) electrons. The maximum Gasteiger partial charge on any atom is 0.220 e. The number of amides is 1. The third-order valence-electron chi connectivity index (χ3n) is 3.52. The minimum absolute atomic E-state index is 0.114. The predicted octanol–water partition coefficient (Wildman–Crippen LogP) is 3.59. The highest BCUT2D eigenvalue weighted by Crippen LogP contribution is 2.23. The molecule has 1 N–H and O–H groups in total. The van der Waals surface area contributed by atoms with Crippen molar-refractivity contribution in [2.75, 3.05) is 0 Å². The van der Waals surface area contributed by atoms with E-state index in [9.17, 15) is 9.18 Å². The van der Waals surface area contributed by atoms with Gasteiger partial charge >= 0.3 is 0 Å². The quantitative estimate of drug-likeness (QED) is 0.745. The number of halogens is 1. The van der Waals surface area contributed by atoms with E-state index in [1.807, 2.05) is 17.5 Å². The smallest absolute Gasteiger partial charge is 0.220 e. The molecule has 0 aliphatic rings.